The largest absolute Gasteiger partial charge is 0.481 e. The number of hydrogen-bond donors (Lipinski definition) is 1. The zero-order valence-electron chi connectivity index (χ0n) is 13.4. The molecule has 2 rings (SSSR count). The lowest BCUT2D eigenvalue weighted by Crippen LogP contribution is -2.37. The molecule has 0 saturated heterocycles. The summed E-state index contributed by atoms with van der Waals surface area (Å²) in [5.41, 5.74) is 1.70. The predicted octanol–water partition coefficient (Wildman–Crippen LogP) is 5.43. The second-order valence-corrected chi connectivity index (χ2v) is 6.63. The van der Waals surface area contributed by atoms with Gasteiger partial charge in [-0.15, -0.1) is 0 Å². The highest BCUT2D eigenvalue weighted by Gasteiger charge is 2.18. The fraction of sp³-hybridized carbons (Fsp3) is 0.278. The van der Waals surface area contributed by atoms with Crippen LogP contribution in [0.5, 0.6) is 5.75 Å². The van der Waals surface area contributed by atoms with Gasteiger partial charge in [0.25, 0.3) is 5.91 Å². The Hall–Kier alpha value is -1.42. The van der Waals surface area contributed by atoms with Crippen LogP contribution in [0.25, 0.3) is 0 Å². The molecule has 0 unspecified atom stereocenters. The van der Waals surface area contributed by atoms with Crippen molar-refractivity contribution in [3.05, 3.63) is 62.6 Å². The summed E-state index contributed by atoms with van der Waals surface area (Å²) in [5.74, 6) is 0.416. The van der Waals surface area contributed by atoms with Crippen LogP contribution < -0.4 is 10.1 Å². The SMILES string of the molecule is CC[C@@H](Oc1ccc(Cl)c(C)c1)C(=O)NCc1ccc(Cl)cc1Cl. The van der Waals surface area contributed by atoms with Crippen molar-refractivity contribution in [2.75, 3.05) is 0 Å². The van der Waals surface area contributed by atoms with Gasteiger partial charge in [-0.2, -0.15) is 0 Å². The van der Waals surface area contributed by atoms with Crippen molar-refractivity contribution in [3.8, 4) is 5.75 Å². The predicted molar refractivity (Wildman–Crippen MR) is 99.2 cm³/mol. The molecule has 1 N–H and O–H groups in total. The van der Waals surface area contributed by atoms with Crippen molar-refractivity contribution < 1.29 is 9.53 Å². The molecule has 0 bridgehead atoms. The third kappa shape index (κ3) is 5.04. The Morgan fingerprint density at radius 3 is 2.50 bits per heavy atom. The maximum atomic E-state index is 12.4. The number of carbonyl (C=O) groups is 1. The molecular weight excluding hydrogens is 369 g/mol. The van der Waals surface area contributed by atoms with Gasteiger partial charge in [0.15, 0.2) is 6.10 Å². The first kappa shape index (κ1) is 18.9. The van der Waals surface area contributed by atoms with Crippen LogP contribution in [0, 0.1) is 6.92 Å². The van der Waals surface area contributed by atoms with Gasteiger partial charge in [0.2, 0.25) is 0 Å². The molecule has 0 aliphatic heterocycles. The number of nitrogens with one attached hydrogen (secondary N) is 1. The van der Waals surface area contributed by atoms with Gasteiger partial charge in [-0.05, 0) is 54.8 Å². The topological polar surface area (TPSA) is 38.3 Å². The highest BCUT2D eigenvalue weighted by molar-refractivity contribution is 6.35. The summed E-state index contributed by atoms with van der Waals surface area (Å²) < 4.78 is 5.77. The van der Waals surface area contributed by atoms with Crippen molar-refractivity contribution in [2.24, 2.45) is 0 Å². The second kappa shape index (κ2) is 8.61. The molecule has 0 spiro atoms. The van der Waals surface area contributed by atoms with Crippen LogP contribution >= 0.6 is 34.8 Å². The molecule has 0 saturated carbocycles. The van der Waals surface area contributed by atoms with Gasteiger partial charge in [0.05, 0.1) is 0 Å². The fourth-order valence-electron chi connectivity index (χ4n) is 2.14. The van der Waals surface area contributed by atoms with Crippen molar-refractivity contribution >= 4 is 40.7 Å². The lowest BCUT2D eigenvalue weighted by molar-refractivity contribution is -0.128. The molecule has 0 aliphatic carbocycles. The zero-order valence-corrected chi connectivity index (χ0v) is 15.7. The Labute approximate surface area is 156 Å². The molecule has 3 nitrogen and oxygen atoms in total. The van der Waals surface area contributed by atoms with E-state index in [2.05, 4.69) is 5.32 Å². The monoisotopic (exact) mass is 385 g/mol. The Morgan fingerprint density at radius 1 is 1.12 bits per heavy atom. The van der Waals surface area contributed by atoms with E-state index in [0.29, 0.717) is 33.8 Å². The van der Waals surface area contributed by atoms with E-state index in [0.717, 1.165) is 11.1 Å². The van der Waals surface area contributed by atoms with Gasteiger partial charge < -0.3 is 10.1 Å². The first-order chi connectivity index (χ1) is 11.4. The lowest BCUT2D eigenvalue weighted by Gasteiger charge is -2.18. The molecular formula is C18H18Cl3NO2. The summed E-state index contributed by atoms with van der Waals surface area (Å²) in [6.45, 7) is 4.09. The second-order valence-electron chi connectivity index (χ2n) is 5.38. The average molecular weight is 387 g/mol. The zero-order chi connectivity index (χ0) is 17.7. The van der Waals surface area contributed by atoms with Crippen molar-refractivity contribution in [2.45, 2.75) is 32.9 Å². The van der Waals surface area contributed by atoms with Gasteiger partial charge in [-0.25, -0.2) is 0 Å². The summed E-state index contributed by atoms with van der Waals surface area (Å²) in [6.07, 6.45) is -0.0429. The van der Waals surface area contributed by atoms with E-state index in [4.69, 9.17) is 39.5 Å². The minimum Gasteiger partial charge on any atom is -0.481 e. The first-order valence-corrected chi connectivity index (χ1v) is 8.68. The molecule has 0 aliphatic rings. The number of rotatable bonds is 6. The number of halogens is 3. The van der Waals surface area contributed by atoms with Gasteiger partial charge >= 0.3 is 0 Å². The smallest absolute Gasteiger partial charge is 0.261 e. The number of carbonyl (C=O) groups excluding carboxylic acids is 1. The fourth-order valence-corrected chi connectivity index (χ4v) is 2.73. The van der Waals surface area contributed by atoms with E-state index in [9.17, 15) is 4.79 Å². The third-order valence-electron chi connectivity index (χ3n) is 3.54. The van der Waals surface area contributed by atoms with E-state index in [1.165, 1.54) is 0 Å². The number of benzene rings is 2. The van der Waals surface area contributed by atoms with E-state index >= 15 is 0 Å². The average Bonchev–Trinajstić information content (AvgIpc) is 2.54. The summed E-state index contributed by atoms with van der Waals surface area (Å²) in [6, 6.07) is 10.5. The normalized spacial score (nSPS) is 11.9. The van der Waals surface area contributed by atoms with Crippen LogP contribution in [0.15, 0.2) is 36.4 Å². The van der Waals surface area contributed by atoms with Crippen molar-refractivity contribution in [1.82, 2.24) is 5.32 Å². The Balaban J connectivity index is 1.99. The van der Waals surface area contributed by atoms with Gasteiger partial charge in [0.1, 0.15) is 5.75 Å². The molecule has 1 amide bonds. The number of aryl methyl sites for hydroxylation is 1. The standard InChI is InChI=1S/C18H18Cl3NO2/c1-3-17(24-14-6-7-15(20)11(2)8-14)18(23)22-10-12-4-5-13(19)9-16(12)21/h4-9,17H,3,10H2,1-2H3,(H,22,23)/t17-/m1/s1. The minimum atomic E-state index is -0.586. The molecule has 6 heteroatoms. The van der Waals surface area contributed by atoms with Crippen LogP contribution in [-0.4, -0.2) is 12.0 Å². The lowest BCUT2D eigenvalue weighted by atomic mass is 10.2. The Morgan fingerprint density at radius 2 is 1.88 bits per heavy atom. The molecule has 24 heavy (non-hydrogen) atoms. The Bertz CT molecular complexity index is 734. The Kier molecular flexibility index (Phi) is 6.79. The van der Waals surface area contributed by atoms with E-state index in [1.54, 1.807) is 30.3 Å². The number of hydrogen-bond acceptors (Lipinski definition) is 2. The van der Waals surface area contributed by atoms with E-state index in [-0.39, 0.29) is 5.91 Å². The maximum absolute atomic E-state index is 12.4. The van der Waals surface area contributed by atoms with E-state index in [1.807, 2.05) is 19.9 Å². The highest BCUT2D eigenvalue weighted by atomic mass is 35.5. The maximum Gasteiger partial charge on any atom is 0.261 e. The molecule has 0 fully saturated rings. The third-order valence-corrected chi connectivity index (χ3v) is 4.55. The molecule has 0 aromatic heterocycles. The van der Waals surface area contributed by atoms with E-state index < -0.39 is 6.10 Å². The molecule has 2 aromatic rings. The summed E-state index contributed by atoms with van der Waals surface area (Å²) in [4.78, 5) is 12.4. The quantitative estimate of drug-likeness (QED) is 0.719. The van der Waals surface area contributed by atoms with Crippen LogP contribution in [0.4, 0.5) is 0 Å². The van der Waals surface area contributed by atoms with Crippen molar-refractivity contribution in [1.29, 1.82) is 0 Å². The molecule has 1 atom stereocenters. The number of amides is 1. The van der Waals surface area contributed by atoms with Crippen LogP contribution in [-0.2, 0) is 11.3 Å². The molecule has 0 radical (unpaired) electrons. The van der Waals surface area contributed by atoms with Crippen molar-refractivity contribution in [3.63, 3.8) is 0 Å². The number of ether oxygens (including phenoxy) is 1. The summed E-state index contributed by atoms with van der Waals surface area (Å²) >= 11 is 18.0. The molecule has 2 aromatic carbocycles. The van der Waals surface area contributed by atoms with Gasteiger partial charge in [0, 0.05) is 21.6 Å². The first-order valence-electron chi connectivity index (χ1n) is 7.55. The minimum absolute atomic E-state index is 0.198. The molecule has 0 heterocycles. The van der Waals surface area contributed by atoms with Crippen LogP contribution in [0.2, 0.25) is 15.1 Å². The summed E-state index contributed by atoms with van der Waals surface area (Å²) in [7, 11) is 0. The van der Waals surface area contributed by atoms with Gasteiger partial charge in [-0.3, -0.25) is 4.79 Å². The van der Waals surface area contributed by atoms with Gasteiger partial charge in [-0.1, -0.05) is 47.8 Å². The molecule has 128 valence electrons. The van der Waals surface area contributed by atoms with Crippen LogP contribution in [0.1, 0.15) is 24.5 Å². The summed E-state index contributed by atoms with van der Waals surface area (Å²) in [5, 5.41) is 4.58. The van der Waals surface area contributed by atoms with Crippen LogP contribution in [0.3, 0.4) is 0 Å². The highest BCUT2D eigenvalue weighted by Crippen LogP contribution is 2.23.